The molecule has 3 heterocycles. The second kappa shape index (κ2) is 10.1. The summed E-state index contributed by atoms with van der Waals surface area (Å²) in [7, 11) is 0. The summed E-state index contributed by atoms with van der Waals surface area (Å²) in [6, 6.07) is 48.7. The number of benzene rings is 5. The fourth-order valence-corrected chi connectivity index (χ4v) is 7.71. The van der Waals surface area contributed by atoms with Crippen LogP contribution in [0.15, 0.2) is 152 Å². The van der Waals surface area contributed by atoms with E-state index in [1.807, 2.05) is 18.7 Å². The molecule has 1 aliphatic rings. The number of imidazole rings is 1. The van der Waals surface area contributed by atoms with Gasteiger partial charge < -0.3 is 4.57 Å². The lowest BCUT2D eigenvalue weighted by atomic mass is 9.69. The van der Waals surface area contributed by atoms with Crippen LogP contribution in [0.3, 0.4) is 0 Å². The van der Waals surface area contributed by atoms with Gasteiger partial charge in [0.2, 0.25) is 0 Å². The highest BCUT2D eigenvalue weighted by Crippen LogP contribution is 2.56. The maximum atomic E-state index is 5.75. The van der Waals surface area contributed by atoms with E-state index in [0.29, 0.717) is 0 Å². The van der Waals surface area contributed by atoms with Crippen LogP contribution >= 0.6 is 0 Å². The number of rotatable bonds is 4. The molecule has 4 heteroatoms. The van der Waals surface area contributed by atoms with Crippen LogP contribution in [0.2, 0.25) is 0 Å². The quantitative estimate of drug-likeness (QED) is 0.200. The number of para-hydroxylation sites is 2. The highest BCUT2D eigenvalue weighted by molar-refractivity contribution is 6.09. The monoisotopic (exact) mass is 606 g/mol. The van der Waals surface area contributed by atoms with E-state index in [1.165, 1.54) is 44.2 Å². The molecule has 3 aromatic heterocycles. The van der Waals surface area contributed by atoms with E-state index in [4.69, 9.17) is 4.98 Å². The zero-order chi connectivity index (χ0) is 31.8. The van der Waals surface area contributed by atoms with E-state index < -0.39 is 5.41 Å². The smallest absolute Gasteiger partial charge is 0.138 e. The fraction of sp³-hybridized carbons (Fsp3) is 0.116. The van der Waals surface area contributed by atoms with Gasteiger partial charge >= 0.3 is 0 Å². The van der Waals surface area contributed by atoms with Crippen LogP contribution in [0, 0.1) is 0 Å². The van der Waals surface area contributed by atoms with Crippen molar-refractivity contribution in [2.24, 2.45) is 0 Å². The number of aromatic nitrogens is 4. The largest absolute Gasteiger partial charge is 0.306 e. The zero-order valence-electron chi connectivity index (χ0n) is 26.7. The van der Waals surface area contributed by atoms with Crippen LogP contribution in [0.25, 0.3) is 44.4 Å². The predicted octanol–water partition coefficient (Wildman–Crippen LogP) is 10.0. The summed E-state index contributed by atoms with van der Waals surface area (Å²) >= 11 is 0. The van der Waals surface area contributed by atoms with Crippen molar-refractivity contribution >= 4 is 21.8 Å². The first kappa shape index (κ1) is 27.6. The van der Waals surface area contributed by atoms with Gasteiger partial charge in [0.05, 0.1) is 28.5 Å². The first-order valence-electron chi connectivity index (χ1n) is 16.2. The van der Waals surface area contributed by atoms with Crippen LogP contribution in [0.4, 0.5) is 0 Å². The zero-order valence-corrected chi connectivity index (χ0v) is 26.7. The molecule has 0 bridgehead atoms. The van der Waals surface area contributed by atoms with Crippen molar-refractivity contribution in [2.75, 3.05) is 0 Å². The summed E-state index contributed by atoms with van der Waals surface area (Å²) < 4.78 is 4.43. The molecular weight excluding hydrogens is 573 g/mol. The van der Waals surface area contributed by atoms with Gasteiger partial charge in [-0.2, -0.15) is 0 Å². The van der Waals surface area contributed by atoms with Gasteiger partial charge in [-0.15, -0.1) is 0 Å². The molecule has 226 valence electrons. The fourth-order valence-electron chi connectivity index (χ4n) is 7.71. The summed E-state index contributed by atoms with van der Waals surface area (Å²) in [5.41, 5.74) is 11.0. The molecule has 0 spiro atoms. The molecule has 4 nitrogen and oxygen atoms in total. The SMILES string of the molecule is CC(C)(C)c1cc(-n2c3ccccc3c3ccccc32)nc(C2(c3cccc(-n4ccnc4)c3)c3ccccc3-c3ccccc32)c1. The Hall–Kier alpha value is -5.74. The van der Waals surface area contributed by atoms with Gasteiger partial charge in [0, 0.05) is 28.9 Å². The highest BCUT2D eigenvalue weighted by Gasteiger charge is 2.47. The molecule has 0 radical (unpaired) electrons. The van der Waals surface area contributed by atoms with Gasteiger partial charge in [-0.1, -0.05) is 118 Å². The first-order chi connectivity index (χ1) is 22.9. The van der Waals surface area contributed by atoms with Gasteiger partial charge in [-0.25, -0.2) is 9.97 Å². The molecule has 1 aliphatic carbocycles. The number of fused-ring (bicyclic) bond motifs is 6. The van der Waals surface area contributed by atoms with Crippen LogP contribution in [0.5, 0.6) is 0 Å². The Morgan fingerprint density at radius 3 is 1.85 bits per heavy atom. The van der Waals surface area contributed by atoms with Crippen molar-refractivity contribution in [3.05, 3.63) is 180 Å². The third kappa shape index (κ3) is 4.01. The number of pyridine rings is 1. The maximum absolute atomic E-state index is 5.75. The summed E-state index contributed by atoms with van der Waals surface area (Å²) in [5.74, 6) is 0.928. The lowest BCUT2D eigenvalue weighted by molar-refractivity contribution is 0.584. The third-order valence-corrected chi connectivity index (χ3v) is 9.91. The molecule has 0 N–H and O–H groups in total. The van der Waals surface area contributed by atoms with Gasteiger partial charge in [-0.3, -0.25) is 4.57 Å². The van der Waals surface area contributed by atoms with Crippen molar-refractivity contribution in [1.82, 2.24) is 19.1 Å². The molecule has 0 unspecified atom stereocenters. The van der Waals surface area contributed by atoms with Crippen molar-refractivity contribution in [2.45, 2.75) is 31.6 Å². The molecular formula is C43H34N4. The molecule has 0 fully saturated rings. The van der Waals surface area contributed by atoms with Gasteiger partial charge in [0.25, 0.3) is 0 Å². The normalized spacial score (nSPS) is 13.6. The van der Waals surface area contributed by atoms with E-state index in [0.717, 1.165) is 28.2 Å². The van der Waals surface area contributed by atoms with Gasteiger partial charge in [-0.05, 0) is 75.2 Å². The van der Waals surface area contributed by atoms with Gasteiger partial charge in [0.15, 0.2) is 0 Å². The Labute approximate surface area is 274 Å². The molecule has 0 saturated heterocycles. The van der Waals surface area contributed by atoms with Crippen LogP contribution in [-0.2, 0) is 10.8 Å². The molecule has 0 amide bonds. The van der Waals surface area contributed by atoms with Gasteiger partial charge in [0.1, 0.15) is 5.82 Å². The lowest BCUT2D eigenvalue weighted by Gasteiger charge is -2.34. The Kier molecular flexibility index (Phi) is 5.94. The van der Waals surface area contributed by atoms with E-state index in [1.54, 1.807) is 0 Å². The Morgan fingerprint density at radius 1 is 0.617 bits per heavy atom. The maximum Gasteiger partial charge on any atom is 0.138 e. The molecule has 0 saturated carbocycles. The average Bonchev–Trinajstić information content (AvgIpc) is 3.83. The molecule has 5 aromatic carbocycles. The second-order valence-electron chi connectivity index (χ2n) is 13.6. The van der Waals surface area contributed by atoms with E-state index in [-0.39, 0.29) is 5.41 Å². The van der Waals surface area contributed by atoms with Crippen LogP contribution in [-0.4, -0.2) is 19.1 Å². The number of nitrogens with zero attached hydrogens (tertiary/aromatic N) is 4. The minimum Gasteiger partial charge on any atom is -0.306 e. The third-order valence-electron chi connectivity index (χ3n) is 9.91. The minimum absolute atomic E-state index is 0.122. The Balaban J connectivity index is 1.43. The summed E-state index contributed by atoms with van der Waals surface area (Å²) in [6.45, 7) is 6.89. The van der Waals surface area contributed by atoms with Crippen LogP contribution in [0.1, 0.15) is 48.7 Å². The lowest BCUT2D eigenvalue weighted by Crippen LogP contribution is -2.31. The predicted molar refractivity (Wildman–Crippen MR) is 192 cm³/mol. The first-order valence-corrected chi connectivity index (χ1v) is 16.2. The topological polar surface area (TPSA) is 35.6 Å². The molecule has 0 atom stereocenters. The molecule has 47 heavy (non-hydrogen) atoms. The molecule has 8 aromatic rings. The van der Waals surface area contributed by atoms with E-state index in [9.17, 15) is 0 Å². The second-order valence-corrected chi connectivity index (χ2v) is 13.6. The van der Waals surface area contributed by atoms with Crippen LogP contribution < -0.4 is 0 Å². The number of hydrogen-bond acceptors (Lipinski definition) is 2. The standard InChI is InChI=1S/C43H34N4/c1-42(2,3)30-26-40(45-41(27-30)47-38-21-10-6-17-34(38)35-18-7-11-22-39(35)47)43(29-13-12-14-31(25-29)46-24-23-44-28-46)36-19-8-4-15-32(36)33-16-5-9-20-37(33)43/h4-28H,1-3H3. The Bertz CT molecular complexity index is 2360. The minimum atomic E-state index is -0.654. The number of hydrogen-bond donors (Lipinski definition) is 0. The van der Waals surface area contributed by atoms with Crippen molar-refractivity contribution in [1.29, 1.82) is 0 Å². The average molecular weight is 607 g/mol. The summed E-state index contributed by atoms with van der Waals surface area (Å²) in [5, 5.41) is 2.46. The van der Waals surface area contributed by atoms with Crippen molar-refractivity contribution < 1.29 is 0 Å². The molecule has 0 aliphatic heterocycles. The van der Waals surface area contributed by atoms with Crippen molar-refractivity contribution in [3.63, 3.8) is 0 Å². The Morgan fingerprint density at radius 2 is 1.23 bits per heavy atom. The summed E-state index contributed by atoms with van der Waals surface area (Å²) in [4.78, 5) is 10.1. The van der Waals surface area contributed by atoms with Crippen molar-refractivity contribution in [3.8, 4) is 22.6 Å². The molecule has 9 rings (SSSR count). The highest BCUT2D eigenvalue weighted by atomic mass is 15.1. The van der Waals surface area contributed by atoms with E-state index >= 15 is 0 Å². The van der Waals surface area contributed by atoms with E-state index in [2.05, 4.69) is 168 Å². The summed E-state index contributed by atoms with van der Waals surface area (Å²) in [6.07, 6.45) is 5.69.